The van der Waals surface area contributed by atoms with E-state index in [1.807, 2.05) is 19.9 Å². The van der Waals surface area contributed by atoms with Gasteiger partial charge >= 0.3 is 5.97 Å². The topological polar surface area (TPSA) is 72.1 Å². The van der Waals surface area contributed by atoms with Crippen molar-refractivity contribution in [3.63, 3.8) is 0 Å². The zero-order chi connectivity index (χ0) is 21.4. The highest BCUT2D eigenvalue weighted by atomic mass is 19.1. The van der Waals surface area contributed by atoms with E-state index in [2.05, 4.69) is 4.99 Å². The molecular formula is C23H21FN2O4. The van der Waals surface area contributed by atoms with E-state index in [0.717, 1.165) is 11.3 Å². The number of aryl methyl sites for hydroxylation is 2. The van der Waals surface area contributed by atoms with Crippen molar-refractivity contribution in [1.29, 1.82) is 0 Å². The van der Waals surface area contributed by atoms with Gasteiger partial charge in [0.15, 0.2) is 11.8 Å². The average Bonchev–Trinajstić information content (AvgIpc) is 3.21. The van der Waals surface area contributed by atoms with Crippen LogP contribution in [0.2, 0.25) is 0 Å². The third-order valence-corrected chi connectivity index (χ3v) is 5.05. The predicted octanol–water partition coefficient (Wildman–Crippen LogP) is 3.62. The first-order valence-corrected chi connectivity index (χ1v) is 9.70. The summed E-state index contributed by atoms with van der Waals surface area (Å²) in [5, 5.41) is 0. The van der Waals surface area contributed by atoms with Gasteiger partial charge in [0.2, 0.25) is 0 Å². The number of halogens is 1. The Labute approximate surface area is 173 Å². The van der Waals surface area contributed by atoms with Gasteiger partial charge in [-0.05, 0) is 44.5 Å². The minimum atomic E-state index is -1.16. The second-order valence-corrected chi connectivity index (χ2v) is 7.16. The Kier molecular flexibility index (Phi) is 5.11. The Morgan fingerprint density at radius 1 is 1.27 bits per heavy atom. The molecule has 154 valence electrons. The molecule has 0 saturated carbocycles. The fourth-order valence-electron chi connectivity index (χ4n) is 3.76. The molecular weight excluding hydrogens is 387 g/mol. The van der Waals surface area contributed by atoms with E-state index < -0.39 is 17.8 Å². The normalized spacial score (nSPS) is 18.0. The molecule has 2 aromatic rings. The number of carbonyl (C=O) groups is 2. The number of rotatable bonds is 5. The molecule has 1 atom stereocenters. The van der Waals surface area contributed by atoms with Crippen LogP contribution in [0.1, 0.15) is 29.6 Å². The van der Waals surface area contributed by atoms with E-state index in [9.17, 15) is 14.0 Å². The first kappa shape index (κ1) is 19.8. The monoisotopic (exact) mass is 408 g/mol. The highest BCUT2D eigenvalue weighted by Gasteiger charge is 2.43. The molecule has 0 saturated heterocycles. The van der Waals surface area contributed by atoms with Crippen LogP contribution in [0.5, 0.6) is 0 Å². The predicted molar refractivity (Wildman–Crippen MR) is 108 cm³/mol. The number of benzene rings is 1. The van der Waals surface area contributed by atoms with Crippen molar-refractivity contribution >= 4 is 17.5 Å². The number of allylic oxidation sites excluding steroid dienone is 2. The Hall–Kier alpha value is -3.48. The Morgan fingerprint density at radius 3 is 2.70 bits per heavy atom. The number of aliphatic imine (C=N–C) groups is 1. The summed E-state index contributed by atoms with van der Waals surface area (Å²) in [4.78, 5) is 31.3. The number of carbonyl (C=O) groups excluding carboxylic acids is 2. The van der Waals surface area contributed by atoms with Gasteiger partial charge < -0.3 is 14.1 Å². The van der Waals surface area contributed by atoms with Crippen LogP contribution in [0, 0.1) is 19.7 Å². The third-order valence-electron chi connectivity index (χ3n) is 5.05. The van der Waals surface area contributed by atoms with E-state index in [1.54, 1.807) is 36.1 Å². The number of esters is 1. The zero-order valence-corrected chi connectivity index (χ0v) is 16.9. The van der Waals surface area contributed by atoms with E-state index >= 15 is 0 Å². The standard InChI is InChI=1S/C23H21FN2O4/c1-4-29-23(28)22-20(27)12-21-25-19(17-9-13(2)30-14(17)3)11-16(26(21)22)10-15-7-5-6-8-18(15)24/h5-9,11-12,22H,4,10H2,1-3H3. The van der Waals surface area contributed by atoms with Crippen LogP contribution in [-0.4, -0.2) is 35.0 Å². The summed E-state index contributed by atoms with van der Waals surface area (Å²) in [5.74, 6) is 0.336. The SMILES string of the molecule is CCOC(=O)C1C(=O)C=C2N=C(c3cc(C)oc3C)C=C(Cc3ccccc3F)N21. The van der Waals surface area contributed by atoms with E-state index in [0.29, 0.717) is 28.6 Å². The summed E-state index contributed by atoms with van der Waals surface area (Å²) in [5.41, 5.74) is 2.41. The highest BCUT2D eigenvalue weighted by Crippen LogP contribution is 2.33. The molecule has 1 unspecified atom stereocenters. The lowest BCUT2D eigenvalue weighted by Crippen LogP contribution is -2.43. The van der Waals surface area contributed by atoms with Crippen molar-refractivity contribution < 1.29 is 23.1 Å². The maximum atomic E-state index is 14.4. The molecule has 2 aliphatic rings. The molecule has 1 aromatic carbocycles. The number of hydrogen-bond acceptors (Lipinski definition) is 6. The van der Waals surface area contributed by atoms with Crippen molar-refractivity contribution in [2.45, 2.75) is 33.2 Å². The van der Waals surface area contributed by atoms with Crippen LogP contribution >= 0.6 is 0 Å². The van der Waals surface area contributed by atoms with E-state index in [-0.39, 0.29) is 18.8 Å². The van der Waals surface area contributed by atoms with Gasteiger partial charge in [-0.3, -0.25) is 4.79 Å². The lowest BCUT2D eigenvalue weighted by Gasteiger charge is -2.31. The van der Waals surface area contributed by atoms with E-state index in [4.69, 9.17) is 9.15 Å². The van der Waals surface area contributed by atoms with Crippen molar-refractivity contribution in [1.82, 2.24) is 4.90 Å². The molecule has 0 fully saturated rings. The van der Waals surface area contributed by atoms with Crippen LogP contribution in [0.3, 0.4) is 0 Å². The van der Waals surface area contributed by atoms with Gasteiger partial charge in [-0.15, -0.1) is 0 Å². The summed E-state index contributed by atoms with van der Waals surface area (Å²) in [6.45, 7) is 5.50. The molecule has 7 heteroatoms. The Bertz CT molecular complexity index is 1130. The minimum Gasteiger partial charge on any atom is -0.466 e. The maximum absolute atomic E-state index is 14.4. The summed E-state index contributed by atoms with van der Waals surface area (Å²) < 4.78 is 25.1. The van der Waals surface area contributed by atoms with Crippen molar-refractivity contribution in [2.24, 2.45) is 4.99 Å². The van der Waals surface area contributed by atoms with Crippen LogP contribution < -0.4 is 0 Å². The van der Waals surface area contributed by atoms with Crippen molar-refractivity contribution in [3.05, 3.63) is 82.5 Å². The van der Waals surface area contributed by atoms with Gasteiger partial charge in [0.25, 0.3) is 0 Å². The van der Waals surface area contributed by atoms with Crippen LogP contribution in [-0.2, 0) is 20.7 Å². The van der Waals surface area contributed by atoms with Crippen LogP contribution in [0.15, 0.2) is 63.4 Å². The van der Waals surface area contributed by atoms with Gasteiger partial charge in [0.05, 0.1) is 12.3 Å². The van der Waals surface area contributed by atoms with Gasteiger partial charge in [0.1, 0.15) is 23.2 Å². The van der Waals surface area contributed by atoms with Gasteiger partial charge in [-0.1, -0.05) is 18.2 Å². The number of nitrogens with zero attached hydrogens (tertiary/aromatic N) is 2. The lowest BCUT2D eigenvalue weighted by molar-refractivity contribution is -0.150. The first-order valence-electron chi connectivity index (χ1n) is 9.70. The molecule has 6 nitrogen and oxygen atoms in total. The summed E-state index contributed by atoms with van der Waals surface area (Å²) in [6, 6.07) is 7.12. The quantitative estimate of drug-likeness (QED) is 0.558. The molecule has 30 heavy (non-hydrogen) atoms. The highest BCUT2D eigenvalue weighted by molar-refractivity contribution is 6.15. The lowest BCUT2D eigenvalue weighted by atomic mass is 10.0. The summed E-state index contributed by atoms with van der Waals surface area (Å²) >= 11 is 0. The van der Waals surface area contributed by atoms with E-state index in [1.165, 1.54) is 12.1 Å². The molecule has 0 N–H and O–H groups in total. The first-order chi connectivity index (χ1) is 14.4. The molecule has 0 aliphatic carbocycles. The molecule has 0 spiro atoms. The van der Waals surface area contributed by atoms with Crippen molar-refractivity contribution in [2.75, 3.05) is 6.61 Å². The van der Waals surface area contributed by atoms with Gasteiger partial charge in [0, 0.05) is 23.8 Å². The number of hydrogen-bond donors (Lipinski definition) is 0. The molecule has 0 bridgehead atoms. The van der Waals surface area contributed by atoms with Crippen molar-refractivity contribution in [3.8, 4) is 0 Å². The van der Waals surface area contributed by atoms with Gasteiger partial charge in [-0.25, -0.2) is 14.2 Å². The summed E-state index contributed by atoms with van der Waals surface area (Å²) in [7, 11) is 0. The third kappa shape index (κ3) is 3.47. The second kappa shape index (κ2) is 7.74. The smallest absolute Gasteiger partial charge is 0.337 e. The maximum Gasteiger partial charge on any atom is 0.337 e. The average molecular weight is 408 g/mol. The largest absolute Gasteiger partial charge is 0.466 e. The van der Waals surface area contributed by atoms with Crippen LogP contribution in [0.25, 0.3) is 0 Å². The molecule has 2 aliphatic heterocycles. The minimum absolute atomic E-state index is 0.153. The molecule has 0 radical (unpaired) electrons. The fourth-order valence-corrected chi connectivity index (χ4v) is 3.76. The second-order valence-electron chi connectivity index (χ2n) is 7.16. The Balaban J connectivity index is 1.80. The van der Waals surface area contributed by atoms with Gasteiger partial charge in [-0.2, -0.15) is 0 Å². The van der Waals surface area contributed by atoms with Crippen LogP contribution in [0.4, 0.5) is 4.39 Å². The number of furan rings is 1. The fraction of sp³-hybridized carbons (Fsp3) is 0.261. The summed E-state index contributed by atoms with van der Waals surface area (Å²) in [6.07, 6.45) is 3.28. The Morgan fingerprint density at radius 2 is 2.03 bits per heavy atom. The molecule has 4 rings (SSSR count). The number of fused-ring (bicyclic) bond motifs is 1. The molecule has 1 aromatic heterocycles. The molecule has 3 heterocycles. The molecule has 0 amide bonds. The number of ketones is 1. The zero-order valence-electron chi connectivity index (χ0n) is 16.9. The number of ether oxygens (including phenoxy) is 1.